The Balaban J connectivity index is 4.17. The molecule has 0 aromatic carbocycles. The van der Waals surface area contributed by atoms with Crippen LogP contribution in [0.4, 0.5) is 0 Å². The lowest BCUT2D eigenvalue weighted by Gasteiger charge is -2.34. The molecule has 0 aliphatic heterocycles. The Kier molecular flexibility index (Phi) is 45.2. The van der Waals surface area contributed by atoms with E-state index < -0.39 is 18.1 Å². The van der Waals surface area contributed by atoms with Gasteiger partial charge >= 0.3 is 11.9 Å². The van der Waals surface area contributed by atoms with Crippen molar-refractivity contribution >= 4 is 17.9 Å². The van der Waals surface area contributed by atoms with E-state index in [0.717, 1.165) is 38.5 Å². The fourth-order valence-electron chi connectivity index (χ4n) is 8.42. The second-order valence-electron chi connectivity index (χ2n) is 19.8. The highest BCUT2D eigenvalue weighted by atomic mass is 16.6. The molecule has 0 saturated heterocycles. The van der Waals surface area contributed by atoms with Gasteiger partial charge in [0.1, 0.15) is 12.6 Å². The molecule has 63 heavy (non-hydrogen) atoms. The fraction of sp³-hybridized carbons (Fsp3) is 0.909. The summed E-state index contributed by atoms with van der Waals surface area (Å²) in [6, 6.07) is -0.723. The zero-order chi connectivity index (χ0) is 46.3. The molecule has 2 unspecified atom stereocenters. The van der Waals surface area contributed by atoms with Crippen molar-refractivity contribution in [2.75, 3.05) is 41.0 Å². The zero-order valence-corrected chi connectivity index (χ0v) is 42.5. The number of likely N-dealkylation sites (N-methyl/N-ethyl adjacent to an activating group) is 1. The second-order valence-corrected chi connectivity index (χ2v) is 19.8. The maximum Gasteiger partial charge on any atom is 0.306 e. The predicted octanol–water partition coefficient (Wildman–Crippen LogP) is 14.5. The lowest BCUT2D eigenvalue weighted by Crippen LogP contribution is -2.55. The third-order valence-electron chi connectivity index (χ3n) is 12.7. The first-order valence-electron chi connectivity index (χ1n) is 27.2. The Bertz CT molecular complexity index is 1040. The van der Waals surface area contributed by atoms with Crippen LogP contribution in [0.2, 0.25) is 0 Å². The SMILES string of the molecule is CCCCCCCCCC/C=C\CCCCCCCCCCCC(=O)OC(COCCC(C(=O)[O-])[N+](C)(C)C)COC(=O)CCCCCCCCCCCCCCCCCCCC. The smallest absolute Gasteiger partial charge is 0.306 e. The summed E-state index contributed by atoms with van der Waals surface area (Å²) in [6.07, 6.45) is 52.4. The molecule has 0 N–H and O–H groups in total. The second kappa shape index (κ2) is 46.6. The van der Waals surface area contributed by atoms with Crippen LogP contribution < -0.4 is 5.11 Å². The number of ether oxygens (including phenoxy) is 3. The van der Waals surface area contributed by atoms with Gasteiger partial charge in [0.25, 0.3) is 0 Å². The third-order valence-corrected chi connectivity index (χ3v) is 12.7. The summed E-state index contributed by atoms with van der Waals surface area (Å²) in [4.78, 5) is 37.1. The quantitative estimate of drug-likeness (QED) is 0.0259. The summed E-state index contributed by atoms with van der Waals surface area (Å²) in [7, 11) is 5.43. The molecule has 0 spiro atoms. The summed E-state index contributed by atoms with van der Waals surface area (Å²) in [5.74, 6) is -1.71. The number of esters is 2. The summed E-state index contributed by atoms with van der Waals surface area (Å²) in [5, 5.41) is 11.7. The number of carboxylic acids is 1. The van der Waals surface area contributed by atoms with Gasteiger partial charge in [0.2, 0.25) is 0 Å². The molecular formula is C55H105NO7. The van der Waals surface area contributed by atoms with Crippen LogP contribution in [0, 0.1) is 0 Å². The van der Waals surface area contributed by atoms with E-state index in [4.69, 9.17) is 14.2 Å². The molecule has 8 nitrogen and oxygen atoms in total. The number of carbonyl (C=O) groups excluding carboxylic acids is 3. The van der Waals surface area contributed by atoms with Gasteiger partial charge in [0, 0.05) is 19.3 Å². The van der Waals surface area contributed by atoms with Crippen molar-refractivity contribution in [3.05, 3.63) is 12.2 Å². The molecule has 0 amide bonds. The molecule has 0 aliphatic rings. The minimum Gasteiger partial charge on any atom is -0.544 e. The average Bonchev–Trinajstić information content (AvgIpc) is 3.24. The zero-order valence-electron chi connectivity index (χ0n) is 42.5. The Hall–Kier alpha value is -1.93. The van der Waals surface area contributed by atoms with Gasteiger partial charge in [-0.2, -0.15) is 0 Å². The molecule has 0 heterocycles. The van der Waals surface area contributed by atoms with E-state index in [2.05, 4.69) is 26.0 Å². The van der Waals surface area contributed by atoms with Crippen LogP contribution in [-0.4, -0.2) is 75.5 Å². The van der Waals surface area contributed by atoms with Crippen LogP contribution >= 0.6 is 0 Å². The predicted molar refractivity (Wildman–Crippen MR) is 264 cm³/mol. The first kappa shape index (κ1) is 61.1. The molecule has 0 aliphatic carbocycles. The topological polar surface area (TPSA) is 102 Å². The highest BCUT2D eigenvalue weighted by Crippen LogP contribution is 2.17. The molecule has 0 bridgehead atoms. The first-order chi connectivity index (χ1) is 30.6. The van der Waals surface area contributed by atoms with Gasteiger partial charge in [0.05, 0.1) is 40.3 Å². The van der Waals surface area contributed by atoms with Crippen molar-refractivity contribution in [3.63, 3.8) is 0 Å². The van der Waals surface area contributed by atoms with Gasteiger partial charge < -0.3 is 28.6 Å². The highest BCUT2D eigenvalue weighted by molar-refractivity contribution is 5.70. The number of allylic oxidation sites excluding steroid dienone is 2. The average molecular weight is 892 g/mol. The highest BCUT2D eigenvalue weighted by Gasteiger charge is 2.25. The number of carboxylic acid groups (broad SMARTS) is 1. The lowest BCUT2D eigenvalue weighted by atomic mass is 10.0. The van der Waals surface area contributed by atoms with Crippen LogP contribution in [0.25, 0.3) is 0 Å². The standard InChI is InChI=1S/C55H105NO7/c1-6-8-10-12-14-16-18-20-22-24-26-27-28-30-32-34-36-38-40-42-44-46-54(58)63-51(49-61-48-47-52(55(59)60)56(3,4)5)50-62-53(57)45-43-41-39-37-35-33-31-29-25-23-21-19-17-15-13-11-9-7-2/h24,26,51-52H,6-23,25,27-50H2,1-5H3/b26-24-. The Labute approximate surface area is 390 Å². The maximum atomic E-state index is 12.8. The monoisotopic (exact) mass is 892 g/mol. The molecule has 0 saturated carbocycles. The van der Waals surface area contributed by atoms with Crippen LogP contribution in [0.5, 0.6) is 0 Å². The fourth-order valence-corrected chi connectivity index (χ4v) is 8.42. The van der Waals surface area contributed by atoms with Crippen molar-refractivity contribution < 1.29 is 38.2 Å². The molecule has 0 radical (unpaired) electrons. The Morgan fingerprint density at radius 3 is 1.14 bits per heavy atom. The number of unbranched alkanes of at least 4 members (excludes halogenated alkanes) is 34. The van der Waals surface area contributed by atoms with Crippen LogP contribution in [0.15, 0.2) is 12.2 Å². The van der Waals surface area contributed by atoms with Crippen molar-refractivity contribution in [2.45, 2.75) is 283 Å². The van der Waals surface area contributed by atoms with E-state index in [9.17, 15) is 19.5 Å². The molecule has 2 atom stereocenters. The normalized spacial score (nSPS) is 12.8. The number of hydrogen-bond acceptors (Lipinski definition) is 7. The van der Waals surface area contributed by atoms with E-state index >= 15 is 0 Å². The molecule has 0 fully saturated rings. The van der Waals surface area contributed by atoms with Gasteiger partial charge in [0.15, 0.2) is 6.10 Å². The minimum atomic E-state index is -1.12. The van der Waals surface area contributed by atoms with Crippen LogP contribution in [-0.2, 0) is 28.6 Å². The minimum absolute atomic E-state index is 0.0463. The van der Waals surface area contributed by atoms with Crippen molar-refractivity contribution in [3.8, 4) is 0 Å². The van der Waals surface area contributed by atoms with Gasteiger partial charge in [-0.25, -0.2) is 0 Å². The summed E-state index contributed by atoms with van der Waals surface area (Å²) >= 11 is 0. The number of aliphatic carboxylic acids is 1. The van der Waals surface area contributed by atoms with E-state index in [1.165, 1.54) is 199 Å². The number of carbonyl (C=O) groups is 3. The van der Waals surface area contributed by atoms with Gasteiger partial charge in [-0.05, 0) is 38.5 Å². The van der Waals surface area contributed by atoms with E-state index in [0.29, 0.717) is 12.8 Å². The maximum absolute atomic E-state index is 12.8. The first-order valence-corrected chi connectivity index (χ1v) is 27.2. The molecular weight excluding hydrogens is 787 g/mol. The number of rotatable bonds is 50. The number of nitrogens with zero attached hydrogens (tertiary/aromatic N) is 1. The summed E-state index contributed by atoms with van der Waals surface area (Å²) in [5.41, 5.74) is 0. The largest absolute Gasteiger partial charge is 0.544 e. The van der Waals surface area contributed by atoms with Gasteiger partial charge in [-0.1, -0.05) is 225 Å². The van der Waals surface area contributed by atoms with E-state index in [1.54, 1.807) is 0 Å². The summed E-state index contributed by atoms with van der Waals surface area (Å²) < 4.78 is 17.3. The van der Waals surface area contributed by atoms with Gasteiger partial charge in [-0.3, -0.25) is 9.59 Å². The van der Waals surface area contributed by atoms with Crippen molar-refractivity contribution in [1.82, 2.24) is 0 Å². The number of hydrogen-bond donors (Lipinski definition) is 0. The number of quaternary nitrogens is 1. The molecule has 0 rings (SSSR count). The van der Waals surface area contributed by atoms with Gasteiger partial charge in [-0.15, -0.1) is 0 Å². The molecule has 372 valence electrons. The lowest BCUT2D eigenvalue weighted by molar-refractivity contribution is -0.889. The van der Waals surface area contributed by atoms with Crippen LogP contribution in [0.1, 0.15) is 271 Å². The Morgan fingerprint density at radius 1 is 0.460 bits per heavy atom. The Morgan fingerprint density at radius 2 is 0.794 bits per heavy atom. The van der Waals surface area contributed by atoms with Crippen molar-refractivity contribution in [2.24, 2.45) is 0 Å². The molecule has 0 aromatic heterocycles. The molecule has 8 heteroatoms. The van der Waals surface area contributed by atoms with Crippen molar-refractivity contribution in [1.29, 1.82) is 0 Å². The van der Waals surface area contributed by atoms with E-state index in [1.807, 2.05) is 21.1 Å². The summed E-state index contributed by atoms with van der Waals surface area (Å²) in [6.45, 7) is 4.72. The molecule has 0 aromatic rings. The third kappa shape index (κ3) is 45.0. The van der Waals surface area contributed by atoms with Crippen LogP contribution in [0.3, 0.4) is 0 Å². The van der Waals surface area contributed by atoms with E-state index in [-0.39, 0.29) is 42.7 Å².